The van der Waals surface area contributed by atoms with Gasteiger partial charge in [-0.1, -0.05) is 28.3 Å². The van der Waals surface area contributed by atoms with E-state index in [1.807, 2.05) is 0 Å². The summed E-state index contributed by atoms with van der Waals surface area (Å²) < 4.78 is 0. The zero-order valence-electron chi connectivity index (χ0n) is 8.42. The summed E-state index contributed by atoms with van der Waals surface area (Å²) in [6.45, 7) is 0. The summed E-state index contributed by atoms with van der Waals surface area (Å²) in [5.74, 6) is -0.485. The van der Waals surface area contributed by atoms with E-state index < -0.39 is 5.91 Å². The summed E-state index contributed by atoms with van der Waals surface area (Å²) in [6.07, 6.45) is 0. The average Bonchev–Trinajstić information content (AvgIpc) is 2.67. The van der Waals surface area contributed by atoms with Gasteiger partial charge in [0.15, 0.2) is 10.3 Å². The van der Waals surface area contributed by atoms with E-state index in [-0.39, 0.29) is 21.8 Å². The number of halogens is 2. The lowest BCUT2D eigenvalue weighted by molar-refractivity contribution is 0.102. The molecular weight excluding hydrogens is 269 g/mol. The highest BCUT2D eigenvalue weighted by atomic mass is 35.5. The minimum Gasteiger partial charge on any atom is -0.288 e. The van der Waals surface area contributed by atoms with Crippen molar-refractivity contribution in [1.29, 1.82) is 0 Å². The molecule has 0 saturated carbocycles. The largest absolute Gasteiger partial charge is 0.288 e. The maximum atomic E-state index is 11.8. The fraction of sp³-hybridized carbons (Fsp3) is 0.143. The van der Waals surface area contributed by atoms with Crippen molar-refractivity contribution in [3.8, 4) is 0 Å². The molecule has 0 aliphatic rings. The van der Waals surface area contributed by atoms with Crippen LogP contribution in [0.4, 0.5) is 5.95 Å². The van der Waals surface area contributed by atoms with Crippen molar-refractivity contribution in [2.24, 2.45) is 7.05 Å². The van der Waals surface area contributed by atoms with Crippen LogP contribution < -0.4 is 5.32 Å². The molecule has 2 aromatic heterocycles. The van der Waals surface area contributed by atoms with Gasteiger partial charge in [-0.2, -0.15) is 4.80 Å². The summed E-state index contributed by atoms with van der Waals surface area (Å²) in [5.41, 5.74) is 0.0825. The summed E-state index contributed by atoms with van der Waals surface area (Å²) in [5, 5.41) is 20.3. The fourth-order valence-electron chi connectivity index (χ4n) is 1.02. The van der Waals surface area contributed by atoms with Crippen LogP contribution in [0.3, 0.4) is 0 Å². The molecule has 2 rings (SSSR count). The number of anilines is 1. The molecular formula is C7H5Cl2N7O. The van der Waals surface area contributed by atoms with E-state index in [0.29, 0.717) is 0 Å². The van der Waals surface area contributed by atoms with Crippen molar-refractivity contribution >= 4 is 35.1 Å². The maximum absolute atomic E-state index is 11.8. The van der Waals surface area contributed by atoms with Crippen molar-refractivity contribution < 1.29 is 4.79 Å². The fourth-order valence-corrected chi connectivity index (χ4v) is 1.34. The Balaban J connectivity index is 2.22. The molecule has 0 fully saturated rings. The Morgan fingerprint density at radius 3 is 2.76 bits per heavy atom. The highest BCUT2D eigenvalue weighted by Gasteiger charge is 2.15. The Bertz CT molecular complexity index is 569. The van der Waals surface area contributed by atoms with Crippen LogP contribution >= 0.6 is 23.2 Å². The molecule has 0 aliphatic heterocycles. The van der Waals surface area contributed by atoms with Crippen LogP contribution in [0.2, 0.25) is 10.3 Å². The second kappa shape index (κ2) is 4.60. The third-order valence-corrected chi connectivity index (χ3v) is 2.16. The molecule has 0 bridgehead atoms. The lowest BCUT2D eigenvalue weighted by Crippen LogP contribution is -2.14. The van der Waals surface area contributed by atoms with Gasteiger partial charge in [-0.05, 0) is 11.3 Å². The van der Waals surface area contributed by atoms with Crippen molar-refractivity contribution in [3.05, 3.63) is 21.9 Å². The number of hydrogen-bond donors (Lipinski definition) is 1. The first kappa shape index (κ1) is 11.7. The van der Waals surface area contributed by atoms with Crippen LogP contribution in [0.25, 0.3) is 0 Å². The average molecular weight is 274 g/mol. The Kier molecular flexibility index (Phi) is 3.16. The van der Waals surface area contributed by atoms with E-state index in [4.69, 9.17) is 23.2 Å². The Hall–Kier alpha value is -1.80. The summed E-state index contributed by atoms with van der Waals surface area (Å²) in [4.78, 5) is 13.0. The Labute approximate surface area is 105 Å². The molecule has 88 valence electrons. The molecule has 0 unspecified atom stereocenters. The zero-order chi connectivity index (χ0) is 12.4. The van der Waals surface area contributed by atoms with Gasteiger partial charge in [-0.25, -0.2) is 0 Å². The molecule has 2 heterocycles. The maximum Gasteiger partial charge on any atom is 0.270 e. The highest BCUT2D eigenvalue weighted by Crippen LogP contribution is 2.16. The van der Waals surface area contributed by atoms with Crippen LogP contribution in [0, 0.1) is 0 Å². The molecule has 1 N–H and O–H groups in total. The lowest BCUT2D eigenvalue weighted by atomic mass is 10.3. The van der Waals surface area contributed by atoms with Crippen molar-refractivity contribution in [3.63, 3.8) is 0 Å². The second-order valence-corrected chi connectivity index (χ2v) is 3.67. The highest BCUT2D eigenvalue weighted by molar-refractivity contribution is 6.34. The molecule has 8 nitrogen and oxygen atoms in total. The van der Waals surface area contributed by atoms with Crippen LogP contribution in [0.5, 0.6) is 0 Å². The SMILES string of the molecule is Cn1nnc(NC(=O)c2cc(Cl)nnc2Cl)n1. The van der Waals surface area contributed by atoms with Crippen molar-refractivity contribution in [2.75, 3.05) is 5.32 Å². The third kappa shape index (κ3) is 2.66. The van der Waals surface area contributed by atoms with Crippen LogP contribution in [0.15, 0.2) is 6.07 Å². The van der Waals surface area contributed by atoms with Crippen LogP contribution in [0.1, 0.15) is 10.4 Å². The van der Waals surface area contributed by atoms with E-state index in [1.54, 1.807) is 7.05 Å². The Morgan fingerprint density at radius 1 is 1.35 bits per heavy atom. The number of nitrogens with one attached hydrogen (secondary N) is 1. The van der Waals surface area contributed by atoms with Gasteiger partial charge in [0.05, 0.1) is 12.6 Å². The minimum absolute atomic E-state index is 0.0569. The summed E-state index contributed by atoms with van der Waals surface area (Å²) in [7, 11) is 1.57. The van der Waals surface area contributed by atoms with Gasteiger partial charge >= 0.3 is 0 Å². The first-order chi connectivity index (χ1) is 8.06. The van der Waals surface area contributed by atoms with Gasteiger partial charge < -0.3 is 0 Å². The quantitative estimate of drug-likeness (QED) is 0.859. The topological polar surface area (TPSA) is 98.5 Å². The number of amides is 1. The van der Waals surface area contributed by atoms with E-state index in [1.165, 1.54) is 10.9 Å². The number of aryl methyl sites for hydroxylation is 1. The molecule has 0 radical (unpaired) electrons. The molecule has 0 spiro atoms. The molecule has 0 saturated heterocycles. The smallest absolute Gasteiger partial charge is 0.270 e. The zero-order valence-corrected chi connectivity index (χ0v) is 9.94. The number of rotatable bonds is 2. The van der Waals surface area contributed by atoms with E-state index in [2.05, 4.69) is 30.9 Å². The van der Waals surface area contributed by atoms with E-state index >= 15 is 0 Å². The number of hydrogen-bond acceptors (Lipinski definition) is 6. The van der Waals surface area contributed by atoms with Gasteiger partial charge in [-0.3, -0.25) is 10.1 Å². The van der Waals surface area contributed by atoms with Gasteiger partial charge in [0.25, 0.3) is 11.9 Å². The minimum atomic E-state index is -0.542. The van der Waals surface area contributed by atoms with Crippen LogP contribution in [-0.4, -0.2) is 36.3 Å². The number of nitrogens with zero attached hydrogens (tertiary/aromatic N) is 6. The predicted molar refractivity (Wildman–Crippen MR) is 58.8 cm³/mol. The van der Waals surface area contributed by atoms with E-state index in [9.17, 15) is 4.79 Å². The van der Waals surface area contributed by atoms with Gasteiger partial charge in [0.1, 0.15) is 0 Å². The first-order valence-electron chi connectivity index (χ1n) is 4.30. The third-order valence-electron chi connectivity index (χ3n) is 1.70. The molecule has 17 heavy (non-hydrogen) atoms. The predicted octanol–water partition coefficient (Wildman–Crippen LogP) is 0.559. The number of carbonyl (C=O) groups is 1. The molecule has 0 aliphatic carbocycles. The molecule has 1 amide bonds. The normalized spacial score (nSPS) is 10.3. The van der Waals surface area contributed by atoms with Crippen LogP contribution in [-0.2, 0) is 7.05 Å². The molecule has 10 heteroatoms. The molecule has 0 aromatic carbocycles. The lowest BCUT2D eigenvalue weighted by Gasteiger charge is -2.01. The van der Waals surface area contributed by atoms with Gasteiger partial charge in [0.2, 0.25) is 0 Å². The standard InChI is InChI=1S/C7H5Cl2N7O/c1-16-14-7(13-15-16)10-6(17)3-2-4(8)11-12-5(3)9/h2H,1H3,(H,10,14,17). The van der Waals surface area contributed by atoms with E-state index in [0.717, 1.165) is 0 Å². The first-order valence-corrected chi connectivity index (χ1v) is 5.06. The van der Waals surface area contributed by atoms with Gasteiger partial charge in [0, 0.05) is 0 Å². The summed E-state index contributed by atoms with van der Waals surface area (Å²) in [6, 6.07) is 1.29. The monoisotopic (exact) mass is 273 g/mol. The number of tetrazole rings is 1. The second-order valence-electron chi connectivity index (χ2n) is 2.93. The number of aromatic nitrogens is 6. The summed E-state index contributed by atoms with van der Waals surface area (Å²) >= 11 is 11.3. The number of carbonyl (C=O) groups excluding carboxylic acids is 1. The van der Waals surface area contributed by atoms with Gasteiger partial charge in [-0.15, -0.1) is 15.3 Å². The Morgan fingerprint density at radius 2 is 2.12 bits per heavy atom. The molecule has 2 aromatic rings. The van der Waals surface area contributed by atoms with Crippen molar-refractivity contribution in [1.82, 2.24) is 30.4 Å². The molecule has 0 atom stereocenters. The van der Waals surface area contributed by atoms with Crippen molar-refractivity contribution in [2.45, 2.75) is 0 Å².